The molecule has 0 aromatic heterocycles. The van der Waals surface area contributed by atoms with E-state index in [-0.39, 0.29) is 0 Å². The lowest BCUT2D eigenvalue weighted by atomic mass is 10.0. The standard InChI is InChI=1S/C11H22O2/c1-3-5-6-10(4-2)7-13-11-8-12-9-11/h10-11H,3-9H2,1-2H3. The van der Waals surface area contributed by atoms with Gasteiger partial charge in [-0.2, -0.15) is 0 Å². The average Bonchev–Trinajstić information content (AvgIpc) is 2.08. The fourth-order valence-corrected chi connectivity index (χ4v) is 1.48. The van der Waals surface area contributed by atoms with Crippen molar-refractivity contribution in [2.45, 2.75) is 45.6 Å². The van der Waals surface area contributed by atoms with Crippen LogP contribution in [-0.2, 0) is 9.47 Å². The van der Waals surface area contributed by atoms with E-state index in [2.05, 4.69) is 13.8 Å². The van der Waals surface area contributed by atoms with Crippen molar-refractivity contribution in [2.75, 3.05) is 19.8 Å². The van der Waals surface area contributed by atoms with Gasteiger partial charge in [0.2, 0.25) is 0 Å². The predicted molar refractivity (Wildman–Crippen MR) is 53.9 cm³/mol. The fraction of sp³-hybridized carbons (Fsp3) is 1.00. The normalized spacial score (nSPS) is 19.8. The lowest BCUT2D eigenvalue weighted by Crippen LogP contribution is -2.37. The minimum absolute atomic E-state index is 0.399. The minimum atomic E-state index is 0.399. The summed E-state index contributed by atoms with van der Waals surface area (Å²) in [5.74, 6) is 0.764. The van der Waals surface area contributed by atoms with Crippen molar-refractivity contribution < 1.29 is 9.47 Å². The molecule has 0 bridgehead atoms. The van der Waals surface area contributed by atoms with Crippen molar-refractivity contribution in [1.29, 1.82) is 0 Å². The van der Waals surface area contributed by atoms with E-state index in [0.29, 0.717) is 6.10 Å². The zero-order valence-corrected chi connectivity index (χ0v) is 8.92. The van der Waals surface area contributed by atoms with Gasteiger partial charge in [0.15, 0.2) is 0 Å². The van der Waals surface area contributed by atoms with Gasteiger partial charge in [0, 0.05) is 6.61 Å². The van der Waals surface area contributed by atoms with E-state index in [1.807, 2.05) is 0 Å². The monoisotopic (exact) mass is 186 g/mol. The smallest absolute Gasteiger partial charge is 0.104 e. The van der Waals surface area contributed by atoms with Crippen molar-refractivity contribution in [2.24, 2.45) is 5.92 Å². The topological polar surface area (TPSA) is 18.5 Å². The summed E-state index contributed by atoms with van der Waals surface area (Å²) in [6, 6.07) is 0. The number of ether oxygens (including phenoxy) is 2. The zero-order chi connectivity index (χ0) is 9.52. The molecule has 1 saturated heterocycles. The molecule has 1 aliphatic rings. The highest BCUT2D eigenvalue weighted by molar-refractivity contribution is 4.66. The number of rotatable bonds is 7. The third-order valence-electron chi connectivity index (χ3n) is 2.72. The SMILES string of the molecule is CCCCC(CC)COC1COC1. The van der Waals surface area contributed by atoms with Gasteiger partial charge in [-0.1, -0.05) is 33.1 Å². The molecule has 1 heterocycles. The Morgan fingerprint density at radius 3 is 2.62 bits per heavy atom. The van der Waals surface area contributed by atoms with Crippen molar-refractivity contribution in [3.63, 3.8) is 0 Å². The Morgan fingerprint density at radius 2 is 2.15 bits per heavy atom. The van der Waals surface area contributed by atoms with Crippen LogP contribution in [0.3, 0.4) is 0 Å². The first kappa shape index (κ1) is 11.0. The van der Waals surface area contributed by atoms with Crippen molar-refractivity contribution in [1.82, 2.24) is 0 Å². The summed E-state index contributed by atoms with van der Waals surface area (Å²) in [6.45, 7) is 7.05. The van der Waals surface area contributed by atoms with Gasteiger partial charge in [0.05, 0.1) is 13.2 Å². The molecule has 0 spiro atoms. The van der Waals surface area contributed by atoms with Gasteiger partial charge in [0.1, 0.15) is 6.10 Å². The van der Waals surface area contributed by atoms with Crippen molar-refractivity contribution >= 4 is 0 Å². The largest absolute Gasteiger partial charge is 0.376 e. The molecular formula is C11H22O2. The van der Waals surface area contributed by atoms with Crippen LogP contribution in [0.2, 0.25) is 0 Å². The summed E-state index contributed by atoms with van der Waals surface area (Å²) >= 11 is 0. The predicted octanol–water partition coefficient (Wildman–Crippen LogP) is 2.62. The van der Waals surface area contributed by atoms with Gasteiger partial charge in [0.25, 0.3) is 0 Å². The maximum Gasteiger partial charge on any atom is 0.104 e. The van der Waals surface area contributed by atoms with Crippen LogP contribution in [0.15, 0.2) is 0 Å². The van der Waals surface area contributed by atoms with Crippen molar-refractivity contribution in [3.8, 4) is 0 Å². The molecule has 1 fully saturated rings. The third-order valence-corrected chi connectivity index (χ3v) is 2.72. The Bertz CT molecular complexity index is 121. The first-order valence-electron chi connectivity index (χ1n) is 5.56. The Kier molecular flexibility index (Phi) is 5.40. The molecule has 0 amide bonds. The van der Waals surface area contributed by atoms with Crippen LogP contribution >= 0.6 is 0 Å². The zero-order valence-electron chi connectivity index (χ0n) is 8.92. The average molecular weight is 186 g/mol. The summed E-state index contributed by atoms with van der Waals surface area (Å²) in [6.07, 6.45) is 5.59. The molecule has 0 aliphatic carbocycles. The van der Waals surface area contributed by atoms with Gasteiger partial charge in [-0.25, -0.2) is 0 Å². The van der Waals surface area contributed by atoms with Crippen LogP contribution < -0.4 is 0 Å². The molecule has 2 heteroatoms. The van der Waals surface area contributed by atoms with E-state index in [0.717, 1.165) is 25.7 Å². The second-order valence-corrected chi connectivity index (χ2v) is 3.91. The summed E-state index contributed by atoms with van der Waals surface area (Å²) in [7, 11) is 0. The molecule has 1 unspecified atom stereocenters. The molecule has 13 heavy (non-hydrogen) atoms. The van der Waals surface area contributed by atoms with Gasteiger partial charge in [-0.05, 0) is 12.3 Å². The molecule has 0 aromatic rings. The highest BCUT2D eigenvalue weighted by Crippen LogP contribution is 2.15. The molecule has 0 aromatic carbocycles. The molecule has 0 radical (unpaired) electrons. The Morgan fingerprint density at radius 1 is 1.38 bits per heavy atom. The van der Waals surface area contributed by atoms with Crippen molar-refractivity contribution in [3.05, 3.63) is 0 Å². The minimum Gasteiger partial charge on any atom is -0.376 e. The molecule has 1 rings (SSSR count). The molecule has 1 aliphatic heterocycles. The second kappa shape index (κ2) is 6.39. The van der Waals surface area contributed by atoms with Crippen LogP contribution in [-0.4, -0.2) is 25.9 Å². The first-order valence-corrected chi connectivity index (χ1v) is 5.56. The Labute approximate surface area is 81.6 Å². The van der Waals surface area contributed by atoms with E-state index in [1.165, 1.54) is 25.7 Å². The van der Waals surface area contributed by atoms with Crippen LogP contribution in [0.1, 0.15) is 39.5 Å². The molecule has 2 nitrogen and oxygen atoms in total. The highest BCUT2D eigenvalue weighted by atomic mass is 16.6. The number of hydrogen-bond donors (Lipinski definition) is 0. The van der Waals surface area contributed by atoms with E-state index in [4.69, 9.17) is 9.47 Å². The van der Waals surface area contributed by atoms with Crippen LogP contribution in [0.5, 0.6) is 0 Å². The summed E-state index contributed by atoms with van der Waals surface area (Å²) in [5, 5.41) is 0. The summed E-state index contributed by atoms with van der Waals surface area (Å²) in [5.41, 5.74) is 0. The Hall–Kier alpha value is -0.0800. The molecule has 1 atom stereocenters. The van der Waals surface area contributed by atoms with Gasteiger partial charge < -0.3 is 9.47 Å². The van der Waals surface area contributed by atoms with E-state index in [9.17, 15) is 0 Å². The summed E-state index contributed by atoms with van der Waals surface area (Å²) < 4.78 is 10.8. The maximum atomic E-state index is 5.70. The van der Waals surface area contributed by atoms with E-state index in [1.54, 1.807) is 0 Å². The number of hydrogen-bond acceptors (Lipinski definition) is 2. The maximum absolute atomic E-state index is 5.70. The van der Waals surface area contributed by atoms with Crippen LogP contribution in [0.4, 0.5) is 0 Å². The fourth-order valence-electron chi connectivity index (χ4n) is 1.48. The number of unbranched alkanes of at least 4 members (excludes halogenated alkanes) is 1. The molecule has 78 valence electrons. The van der Waals surface area contributed by atoms with E-state index < -0.39 is 0 Å². The molecule has 0 saturated carbocycles. The highest BCUT2D eigenvalue weighted by Gasteiger charge is 2.19. The third kappa shape index (κ3) is 4.10. The Balaban J connectivity index is 2.00. The lowest BCUT2D eigenvalue weighted by Gasteiger charge is -2.28. The van der Waals surface area contributed by atoms with Crippen LogP contribution in [0.25, 0.3) is 0 Å². The molecule has 0 N–H and O–H groups in total. The molecular weight excluding hydrogens is 164 g/mol. The summed E-state index contributed by atoms with van der Waals surface area (Å²) in [4.78, 5) is 0. The van der Waals surface area contributed by atoms with Crippen LogP contribution in [0, 0.1) is 5.92 Å². The second-order valence-electron chi connectivity index (χ2n) is 3.91. The van der Waals surface area contributed by atoms with Gasteiger partial charge in [-0.15, -0.1) is 0 Å². The lowest BCUT2D eigenvalue weighted by molar-refractivity contribution is -0.136. The quantitative estimate of drug-likeness (QED) is 0.608. The van der Waals surface area contributed by atoms with Gasteiger partial charge >= 0.3 is 0 Å². The van der Waals surface area contributed by atoms with E-state index >= 15 is 0 Å². The first-order chi connectivity index (χ1) is 6.36. The van der Waals surface area contributed by atoms with Gasteiger partial charge in [-0.3, -0.25) is 0 Å².